The SMILES string of the molecule is NCC1CN(c2c(-c3cccc(Cl)c3)nnc3ccc(-c4cc(F)cc(C(N)=O)c4)cc23)C1. The van der Waals surface area contributed by atoms with Crippen molar-refractivity contribution in [1.82, 2.24) is 10.2 Å². The molecule has 1 saturated heterocycles. The van der Waals surface area contributed by atoms with Gasteiger partial charge < -0.3 is 16.4 Å². The second-order valence-electron chi connectivity index (χ2n) is 8.24. The van der Waals surface area contributed by atoms with Crippen LogP contribution >= 0.6 is 11.6 Å². The number of hydrogen-bond acceptors (Lipinski definition) is 5. The average Bonchev–Trinajstić information content (AvgIpc) is 2.77. The summed E-state index contributed by atoms with van der Waals surface area (Å²) in [5, 5.41) is 10.4. The minimum atomic E-state index is -0.681. The average molecular weight is 462 g/mol. The van der Waals surface area contributed by atoms with E-state index in [4.69, 9.17) is 23.1 Å². The zero-order valence-electron chi connectivity index (χ0n) is 17.6. The van der Waals surface area contributed by atoms with Crippen molar-refractivity contribution in [2.24, 2.45) is 17.4 Å². The van der Waals surface area contributed by atoms with Crippen LogP contribution in [0.25, 0.3) is 33.3 Å². The molecule has 1 aliphatic heterocycles. The van der Waals surface area contributed by atoms with E-state index in [0.29, 0.717) is 28.6 Å². The van der Waals surface area contributed by atoms with E-state index in [1.165, 1.54) is 6.07 Å². The highest BCUT2D eigenvalue weighted by Crippen LogP contribution is 2.40. The molecule has 1 fully saturated rings. The van der Waals surface area contributed by atoms with Gasteiger partial charge in [-0.3, -0.25) is 4.79 Å². The second kappa shape index (κ2) is 8.42. The Hall–Kier alpha value is -3.55. The number of amides is 1. The van der Waals surface area contributed by atoms with Crippen LogP contribution in [0.3, 0.4) is 0 Å². The fourth-order valence-corrected chi connectivity index (χ4v) is 4.41. The Morgan fingerprint density at radius 1 is 1.03 bits per heavy atom. The molecule has 8 heteroatoms. The summed E-state index contributed by atoms with van der Waals surface area (Å²) in [5.41, 5.74) is 15.9. The monoisotopic (exact) mass is 461 g/mol. The van der Waals surface area contributed by atoms with Crippen molar-refractivity contribution in [2.75, 3.05) is 24.5 Å². The molecular formula is C25H21ClFN5O. The van der Waals surface area contributed by atoms with Crippen molar-refractivity contribution in [3.63, 3.8) is 0 Å². The normalized spacial score (nSPS) is 13.8. The molecule has 0 spiro atoms. The van der Waals surface area contributed by atoms with Crippen LogP contribution in [0.2, 0.25) is 5.02 Å². The van der Waals surface area contributed by atoms with Crippen molar-refractivity contribution in [2.45, 2.75) is 0 Å². The van der Waals surface area contributed by atoms with Gasteiger partial charge in [-0.2, -0.15) is 0 Å². The Bertz CT molecular complexity index is 1390. The molecule has 166 valence electrons. The first-order valence-corrected chi connectivity index (χ1v) is 10.9. The quantitative estimate of drug-likeness (QED) is 0.463. The number of halogens is 2. The number of nitrogens with zero attached hydrogens (tertiary/aromatic N) is 3. The van der Waals surface area contributed by atoms with Crippen LogP contribution < -0.4 is 16.4 Å². The van der Waals surface area contributed by atoms with Crippen LogP contribution in [0.15, 0.2) is 60.7 Å². The van der Waals surface area contributed by atoms with Gasteiger partial charge in [-0.05, 0) is 60.1 Å². The lowest BCUT2D eigenvalue weighted by Crippen LogP contribution is -2.50. The molecule has 4 N–H and O–H groups in total. The number of carbonyl (C=O) groups excluding carboxylic acids is 1. The smallest absolute Gasteiger partial charge is 0.248 e. The van der Waals surface area contributed by atoms with E-state index in [1.54, 1.807) is 6.07 Å². The number of hydrogen-bond donors (Lipinski definition) is 2. The molecule has 3 aromatic carbocycles. The highest BCUT2D eigenvalue weighted by molar-refractivity contribution is 6.30. The minimum absolute atomic E-state index is 0.117. The number of benzene rings is 3. The topological polar surface area (TPSA) is 98.1 Å². The highest BCUT2D eigenvalue weighted by Gasteiger charge is 2.30. The number of nitrogens with two attached hydrogens (primary N) is 2. The fraction of sp³-hybridized carbons (Fsp3) is 0.160. The van der Waals surface area contributed by atoms with Crippen molar-refractivity contribution in [1.29, 1.82) is 0 Å². The Morgan fingerprint density at radius 3 is 2.58 bits per heavy atom. The number of aromatic nitrogens is 2. The Kier molecular flexibility index (Phi) is 5.44. The van der Waals surface area contributed by atoms with E-state index >= 15 is 0 Å². The molecule has 2 heterocycles. The van der Waals surface area contributed by atoms with Gasteiger partial charge in [0, 0.05) is 40.5 Å². The highest BCUT2D eigenvalue weighted by atomic mass is 35.5. The maximum Gasteiger partial charge on any atom is 0.248 e. The van der Waals surface area contributed by atoms with Crippen molar-refractivity contribution < 1.29 is 9.18 Å². The van der Waals surface area contributed by atoms with Crippen LogP contribution in [0.4, 0.5) is 10.1 Å². The molecule has 0 bridgehead atoms. The summed E-state index contributed by atoms with van der Waals surface area (Å²) >= 11 is 6.25. The van der Waals surface area contributed by atoms with Gasteiger partial charge >= 0.3 is 0 Å². The van der Waals surface area contributed by atoms with Gasteiger partial charge in [-0.1, -0.05) is 29.8 Å². The molecule has 0 radical (unpaired) electrons. The zero-order valence-corrected chi connectivity index (χ0v) is 18.4. The molecule has 5 rings (SSSR count). The van der Waals surface area contributed by atoms with Gasteiger partial charge in [0.2, 0.25) is 5.91 Å². The first kappa shape index (κ1) is 21.3. The van der Waals surface area contributed by atoms with Crippen LogP contribution in [0, 0.1) is 11.7 Å². The molecule has 0 aliphatic carbocycles. The molecule has 1 aromatic heterocycles. The molecule has 4 aromatic rings. The lowest BCUT2D eigenvalue weighted by atomic mass is 9.95. The largest absolute Gasteiger partial charge is 0.368 e. The standard InChI is InChI=1S/C25H21ClFN5O/c26-19-3-1-2-16(7-19)23-24(32-12-14(11-28)13-32)21-10-15(4-5-22(21)30-31-23)17-6-18(25(29)33)9-20(27)8-17/h1-10,14H,11-13,28H2,(H2,29,33). The first-order valence-electron chi connectivity index (χ1n) is 10.5. The summed E-state index contributed by atoms with van der Waals surface area (Å²) in [6, 6.07) is 17.2. The summed E-state index contributed by atoms with van der Waals surface area (Å²) in [6.07, 6.45) is 0. The molecule has 6 nitrogen and oxygen atoms in total. The lowest BCUT2D eigenvalue weighted by Gasteiger charge is -2.41. The van der Waals surface area contributed by atoms with Gasteiger partial charge in [-0.15, -0.1) is 10.2 Å². The molecule has 0 atom stereocenters. The molecule has 0 unspecified atom stereocenters. The molecule has 1 amide bonds. The predicted octanol–water partition coefficient (Wildman–Crippen LogP) is 4.25. The summed E-state index contributed by atoms with van der Waals surface area (Å²) in [6.45, 7) is 2.23. The van der Waals surface area contributed by atoms with Crippen molar-refractivity contribution >= 4 is 34.1 Å². The summed E-state index contributed by atoms with van der Waals surface area (Å²) in [4.78, 5) is 13.9. The van der Waals surface area contributed by atoms with Crippen molar-refractivity contribution in [3.05, 3.63) is 77.1 Å². The Balaban J connectivity index is 1.71. The van der Waals surface area contributed by atoms with Crippen LogP contribution in [0.5, 0.6) is 0 Å². The second-order valence-corrected chi connectivity index (χ2v) is 8.68. The zero-order chi connectivity index (χ0) is 23.1. The van der Waals surface area contributed by atoms with E-state index in [2.05, 4.69) is 15.1 Å². The molecule has 33 heavy (non-hydrogen) atoms. The maximum atomic E-state index is 14.2. The fourth-order valence-electron chi connectivity index (χ4n) is 4.22. The van der Waals surface area contributed by atoms with Gasteiger partial charge in [0.05, 0.1) is 11.2 Å². The van der Waals surface area contributed by atoms with Gasteiger partial charge in [0.1, 0.15) is 11.5 Å². The summed E-state index contributed by atoms with van der Waals surface area (Å²) in [7, 11) is 0. The van der Waals surface area contributed by atoms with E-state index in [-0.39, 0.29) is 5.56 Å². The summed E-state index contributed by atoms with van der Waals surface area (Å²) in [5.74, 6) is -0.799. The molecular weight excluding hydrogens is 441 g/mol. The minimum Gasteiger partial charge on any atom is -0.368 e. The number of carbonyl (C=O) groups is 1. The van der Waals surface area contributed by atoms with Crippen molar-refractivity contribution in [3.8, 4) is 22.4 Å². The maximum absolute atomic E-state index is 14.2. The van der Waals surface area contributed by atoms with Gasteiger partial charge in [-0.25, -0.2) is 4.39 Å². The van der Waals surface area contributed by atoms with E-state index in [0.717, 1.165) is 47.1 Å². The lowest BCUT2D eigenvalue weighted by molar-refractivity contribution is 0.1000. The number of primary amides is 1. The first-order chi connectivity index (χ1) is 15.9. The number of rotatable bonds is 5. The summed E-state index contributed by atoms with van der Waals surface area (Å²) < 4.78 is 14.2. The molecule has 1 aliphatic rings. The van der Waals surface area contributed by atoms with E-state index < -0.39 is 11.7 Å². The number of fused-ring (bicyclic) bond motifs is 1. The van der Waals surface area contributed by atoms with Crippen LogP contribution in [-0.4, -0.2) is 35.7 Å². The third kappa shape index (κ3) is 4.01. The van der Waals surface area contributed by atoms with Gasteiger partial charge in [0.25, 0.3) is 0 Å². The van der Waals surface area contributed by atoms with Crippen LogP contribution in [0.1, 0.15) is 10.4 Å². The predicted molar refractivity (Wildman–Crippen MR) is 129 cm³/mol. The Labute approximate surface area is 195 Å². The van der Waals surface area contributed by atoms with E-state index in [1.807, 2.05) is 42.5 Å². The third-order valence-corrected chi connectivity index (χ3v) is 6.19. The number of anilines is 1. The third-order valence-electron chi connectivity index (χ3n) is 5.95. The van der Waals surface area contributed by atoms with E-state index in [9.17, 15) is 9.18 Å². The van der Waals surface area contributed by atoms with Crippen LogP contribution in [-0.2, 0) is 0 Å². The van der Waals surface area contributed by atoms with Gasteiger partial charge in [0.15, 0.2) is 0 Å². The Morgan fingerprint density at radius 2 is 1.85 bits per heavy atom. The molecule has 0 saturated carbocycles.